The van der Waals surface area contributed by atoms with Crippen molar-refractivity contribution < 1.29 is 57.9 Å². The zero-order valence-corrected chi connectivity index (χ0v) is 13.3. The molecule has 0 aliphatic heterocycles. The molecule has 138 valence electrons. The maximum atomic E-state index is 10.4. The van der Waals surface area contributed by atoms with Crippen LogP contribution in [0.15, 0.2) is 0 Å². The minimum Gasteiger partial charge on any atom is -0.391 e. The molecule has 23 heavy (non-hydrogen) atoms. The molecule has 14 nitrogen and oxygen atoms in total. The van der Waals surface area contributed by atoms with Crippen molar-refractivity contribution in [3.8, 4) is 0 Å². The summed E-state index contributed by atoms with van der Waals surface area (Å²) in [6.07, 6.45) is -5.88. The number of nitrogens with two attached hydrogens (primary N) is 1. The largest absolute Gasteiger partial charge is 0.538 e. The lowest BCUT2D eigenvalue weighted by Gasteiger charge is -2.21. The fourth-order valence-electron chi connectivity index (χ4n) is 0.843. The van der Waals surface area contributed by atoms with Crippen LogP contribution < -0.4 is 5.73 Å². The molecule has 10 N–H and O–H groups in total. The van der Waals surface area contributed by atoms with E-state index < -0.39 is 46.1 Å². The van der Waals surface area contributed by atoms with E-state index in [1.807, 2.05) is 0 Å². The molecule has 0 bridgehead atoms. The summed E-state index contributed by atoms with van der Waals surface area (Å²) in [5.41, 5.74) is 4.49. The van der Waals surface area contributed by atoms with Gasteiger partial charge < -0.3 is 45.3 Å². The first-order chi connectivity index (χ1) is 10.1. The number of hydrogen-bond donors (Lipinski definition) is 9. The maximum absolute atomic E-state index is 10.4. The second-order valence-electron chi connectivity index (χ2n) is 3.84. The Morgan fingerprint density at radius 2 is 1.57 bits per heavy atom. The molecule has 5 atom stereocenters. The van der Waals surface area contributed by atoms with E-state index in [4.69, 9.17) is 40.5 Å². The predicted molar refractivity (Wildman–Crippen MR) is 71.7 cm³/mol. The summed E-state index contributed by atoms with van der Waals surface area (Å²) >= 11 is 0. The number of aliphatic hydroxyl groups excluding tert-OH is 4. The first kappa shape index (κ1) is 24.3. The van der Waals surface area contributed by atoms with Crippen molar-refractivity contribution >= 4 is 28.0 Å². The van der Waals surface area contributed by atoms with Gasteiger partial charge in [0.1, 0.15) is 18.3 Å². The lowest BCUT2D eigenvalue weighted by Crippen LogP contribution is -2.43. The fraction of sp³-hybridized carbons (Fsp3) is 0.714. The molecule has 0 spiro atoms. The molecule has 0 aliphatic carbocycles. The molecule has 0 radical (unpaired) electrons. The van der Waals surface area contributed by atoms with Crippen LogP contribution in [0.25, 0.3) is 0 Å². The van der Waals surface area contributed by atoms with Crippen LogP contribution in [0.3, 0.4) is 0 Å². The summed E-state index contributed by atoms with van der Waals surface area (Å²) in [7, 11) is -10.1. The van der Waals surface area contributed by atoms with E-state index in [1.54, 1.807) is 0 Å². The molecule has 0 saturated heterocycles. The molecule has 0 aromatic heterocycles. The van der Waals surface area contributed by atoms with Crippen molar-refractivity contribution in [2.24, 2.45) is 5.73 Å². The third-order valence-electron chi connectivity index (χ3n) is 1.76. The Hall–Kier alpha value is -0.920. The molecular weight excluding hydrogens is 366 g/mol. The smallest absolute Gasteiger partial charge is 0.391 e. The van der Waals surface area contributed by atoms with Gasteiger partial charge in [0.25, 0.3) is 6.02 Å². The topological polar surface area (TPSA) is 261 Å². The predicted octanol–water partition coefficient (Wildman–Crippen LogP) is -3.25. The minimum absolute atomic E-state index is 0.0935. The highest BCUT2D eigenvalue weighted by Gasteiger charge is 2.34. The van der Waals surface area contributed by atoms with Crippen LogP contribution in [0.4, 0.5) is 0 Å². The van der Waals surface area contributed by atoms with Gasteiger partial charge in [0.15, 0.2) is 6.29 Å². The van der Waals surface area contributed by atoms with E-state index >= 15 is 0 Å². The molecule has 0 heterocycles. The van der Waals surface area contributed by atoms with Gasteiger partial charge in [-0.1, -0.05) is 0 Å². The summed E-state index contributed by atoms with van der Waals surface area (Å²) in [5.74, 6) is 0. The van der Waals surface area contributed by atoms with E-state index in [0.29, 0.717) is 0 Å². The number of carbonyl (C=O) groups excluding carboxylic acids is 1. The van der Waals surface area contributed by atoms with Crippen LogP contribution >= 0.6 is 15.6 Å². The minimum atomic E-state index is -5.13. The van der Waals surface area contributed by atoms with Crippen molar-refractivity contribution in [3.63, 3.8) is 0 Å². The van der Waals surface area contributed by atoms with Crippen molar-refractivity contribution in [1.82, 2.24) is 0 Å². The van der Waals surface area contributed by atoms with Crippen LogP contribution in [0.5, 0.6) is 0 Å². The van der Waals surface area contributed by atoms with Crippen molar-refractivity contribution in [1.29, 1.82) is 5.41 Å². The van der Waals surface area contributed by atoms with Crippen LogP contribution in [-0.4, -0.2) is 71.8 Å². The molecule has 16 heteroatoms. The number of carbonyl (C=O) groups is 1. The van der Waals surface area contributed by atoms with E-state index in [9.17, 15) is 13.9 Å². The van der Waals surface area contributed by atoms with Gasteiger partial charge in [0.2, 0.25) is 0 Å². The fourth-order valence-corrected chi connectivity index (χ4v) is 2.30. The van der Waals surface area contributed by atoms with Gasteiger partial charge in [-0.2, -0.15) is 4.31 Å². The highest BCUT2D eigenvalue weighted by molar-refractivity contribution is 7.61. The number of phosphoric ester groups is 1. The number of aliphatic hydroxyl groups is 4. The van der Waals surface area contributed by atoms with Crippen LogP contribution in [0, 0.1) is 5.41 Å². The molecule has 0 saturated carbocycles. The van der Waals surface area contributed by atoms with Gasteiger partial charge >= 0.3 is 15.6 Å². The van der Waals surface area contributed by atoms with Crippen molar-refractivity contribution in [2.45, 2.75) is 31.3 Å². The summed E-state index contributed by atoms with van der Waals surface area (Å²) in [4.78, 5) is 34.4. The molecular formula is C7H18N2O12P2. The highest BCUT2D eigenvalue weighted by Crippen LogP contribution is 2.57. The monoisotopic (exact) mass is 384 g/mol. The Bertz CT molecular complexity index is 478. The van der Waals surface area contributed by atoms with E-state index in [1.165, 1.54) is 6.92 Å². The number of amidine groups is 1. The number of hydrogen-bond acceptors (Lipinski definition) is 10. The van der Waals surface area contributed by atoms with E-state index in [-0.39, 0.29) is 6.29 Å². The first-order valence-electron chi connectivity index (χ1n) is 5.43. The SMILES string of the molecule is C[C@H](O)[C@@H](O)[C@@H](O)[C@H](O)C=O.N=C(N)OP(=O)(O)OP(=O)(O)O. The molecule has 0 aromatic rings. The summed E-state index contributed by atoms with van der Waals surface area (Å²) in [6.45, 7) is 1.24. The zero-order chi connectivity index (χ0) is 19.0. The molecule has 0 amide bonds. The average molecular weight is 384 g/mol. The number of rotatable bonds is 7. The van der Waals surface area contributed by atoms with Gasteiger partial charge in [-0.15, -0.1) is 0 Å². The number of phosphoric acid groups is 2. The Labute approximate surface area is 129 Å². The summed E-state index contributed by atoms with van der Waals surface area (Å²) < 4.78 is 27.3. The normalized spacial score (nSPS) is 19.1. The van der Waals surface area contributed by atoms with Gasteiger partial charge in [0, 0.05) is 0 Å². The van der Waals surface area contributed by atoms with Gasteiger partial charge in [-0.05, 0) is 6.92 Å². The summed E-state index contributed by atoms with van der Waals surface area (Å²) in [5, 5.41) is 41.4. The lowest BCUT2D eigenvalue weighted by atomic mass is 10.1. The Morgan fingerprint density at radius 3 is 1.83 bits per heavy atom. The third kappa shape index (κ3) is 13.2. The first-order valence-corrected chi connectivity index (χ1v) is 8.46. The molecule has 1 unspecified atom stereocenters. The number of nitrogens with one attached hydrogen (secondary N) is 1. The van der Waals surface area contributed by atoms with Crippen molar-refractivity contribution in [2.75, 3.05) is 0 Å². The highest BCUT2D eigenvalue weighted by atomic mass is 31.3. The van der Waals surface area contributed by atoms with E-state index in [0.717, 1.165) is 0 Å². The third-order valence-corrected chi connectivity index (χ3v) is 3.86. The average Bonchev–Trinajstić information content (AvgIpc) is 2.31. The second-order valence-corrected chi connectivity index (χ2v) is 6.60. The molecule has 0 aromatic carbocycles. The molecule has 0 rings (SSSR count). The zero-order valence-electron chi connectivity index (χ0n) is 11.5. The van der Waals surface area contributed by atoms with Crippen LogP contribution in [0.1, 0.15) is 6.92 Å². The van der Waals surface area contributed by atoms with Gasteiger partial charge in [0.05, 0.1) is 6.10 Å². The van der Waals surface area contributed by atoms with E-state index in [2.05, 4.69) is 14.6 Å². The van der Waals surface area contributed by atoms with Crippen LogP contribution in [-0.2, 0) is 22.8 Å². The number of aldehydes is 1. The second kappa shape index (κ2) is 10.1. The quantitative estimate of drug-likeness (QED) is 0.0905. The standard InChI is InChI=1S/C6H12O5.CH6N2O7P2/c1-3(8)5(10)6(11)4(9)2-7;2-1(3)9-12(7,8)10-11(4,5)6/h2-6,8-11H,1H3;(H3,2,3)(H,7,8)(H2,4,5,6)/t3-,4+,5+,6-;/m0./s1. The Morgan fingerprint density at radius 1 is 1.13 bits per heavy atom. The Balaban J connectivity index is 0. The maximum Gasteiger partial charge on any atom is 0.538 e. The van der Waals surface area contributed by atoms with Gasteiger partial charge in [-0.25, -0.2) is 9.13 Å². The lowest BCUT2D eigenvalue weighted by molar-refractivity contribution is -0.132. The van der Waals surface area contributed by atoms with Crippen molar-refractivity contribution in [3.05, 3.63) is 0 Å². The van der Waals surface area contributed by atoms with Gasteiger partial charge in [-0.3, -0.25) is 10.3 Å². The molecule has 0 aliphatic rings. The Kier molecular flexibility index (Phi) is 10.6. The van der Waals surface area contributed by atoms with Crippen LogP contribution in [0.2, 0.25) is 0 Å². The summed E-state index contributed by atoms with van der Waals surface area (Å²) in [6, 6.07) is -1.19. The molecule has 0 fully saturated rings.